The summed E-state index contributed by atoms with van der Waals surface area (Å²) in [5, 5.41) is 15.2. The van der Waals surface area contributed by atoms with E-state index in [1.807, 2.05) is 60.0 Å². The average Bonchev–Trinajstić information content (AvgIpc) is 3.53. The van der Waals surface area contributed by atoms with Gasteiger partial charge in [0.05, 0.1) is 22.0 Å². The molecule has 0 atom stereocenters. The maximum absolute atomic E-state index is 13.2. The monoisotopic (exact) mass is 672 g/mol. The first-order valence-electron chi connectivity index (χ1n) is 14.2. The molecule has 0 radical (unpaired) electrons. The van der Waals surface area contributed by atoms with Crippen molar-refractivity contribution in [2.45, 2.75) is 17.7 Å². The van der Waals surface area contributed by atoms with E-state index in [-0.39, 0.29) is 22.1 Å². The van der Waals surface area contributed by atoms with Crippen molar-refractivity contribution in [3.63, 3.8) is 0 Å². The molecule has 1 aromatic heterocycles. The summed E-state index contributed by atoms with van der Waals surface area (Å²) in [6.45, 7) is -0.589. The van der Waals surface area contributed by atoms with E-state index >= 15 is 0 Å². The fourth-order valence-corrected chi connectivity index (χ4v) is 6.69. The quantitative estimate of drug-likeness (QED) is 0.131. The highest BCUT2D eigenvalue weighted by molar-refractivity contribution is 7.91. The molecule has 0 bridgehead atoms. The molecule has 0 spiro atoms. The van der Waals surface area contributed by atoms with Crippen LogP contribution in [-0.2, 0) is 21.1 Å². The molecule has 234 valence electrons. The van der Waals surface area contributed by atoms with Gasteiger partial charge in [-0.3, -0.25) is 4.79 Å². The standard InChI is InChI=1S/C35H29ClN2O6S2/c36-28-14-16-29(17-15-28)46(42,43)20-4-5-25-10-18-32(44-22-34(39)40)30(21-25)38-35(41)27-12-8-24(9-13-27)11-19-33-37-31(23-45-33)26-6-2-1-3-7-26/h1-3,6-19,21,23H,4-5,20,22H2,(H,38,41)(H,39,40)/b19-11+. The number of carboxylic acids is 1. The molecule has 0 unspecified atom stereocenters. The van der Waals surface area contributed by atoms with Crippen LogP contribution >= 0.6 is 22.9 Å². The first-order valence-corrected chi connectivity index (χ1v) is 17.1. The van der Waals surface area contributed by atoms with Gasteiger partial charge in [-0.1, -0.05) is 66.2 Å². The summed E-state index contributed by atoms with van der Waals surface area (Å²) in [5.74, 6) is -1.46. The van der Waals surface area contributed by atoms with Gasteiger partial charge in [-0.05, 0) is 78.6 Å². The molecule has 1 heterocycles. The Hall–Kier alpha value is -4.77. The number of rotatable bonds is 13. The zero-order valence-corrected chi connectivity index (χ0v) is 26.8. The molecule has 46 heavy (non-hydrogen) atoms. The van der Waals surface area contributed by atoms with Gasteiger partial charge in [0.25, 0.3) is 5.91 Å². The lowest BCUT2D eigenvalue weighted by molar-refractivity contribution is -0.139. The van der Waals surface area contributed by atoms with Crippen molar-refractivity contribution in [2.24, 2.45) is 0 Å². The van der Waals surface area contributed by atoms with Crippen molar-refractivity contribution in [3.05, 3.63) is 129 Å². The minimum atomic E-state index is -3.50. The van der Waals surface area contributed by atoms with Crippen molar-refractivity contribution in [1.29, 1.82) is 0 Å². The molecule has 5 aromatic rings. The van der Waals surface area contributed by atoms with Crippen LogP contribution in [0.5, 0.6) is 5.75 Å². The Labute approximate surface area is 275 Å². The number of anilines is 1. The lowest BCUT2D eigenvalue weighted by Crippen LogP contribution is -2.15. The van der Waals surface area contributed by atoms with Crippen LogP contribution in [0.4, 0.5) is 5.69 Å². The highest BCUT2D eigenvalue weighted by Gasteiger charge is 2.16. The number of benzene rings is 4. The number of aliphatic carboxylic acids is 1. The highest BCUT2D eigenvalue weighted by atomic mass is 35.5. The van der Waals surface area contributed by atoms with Crippen LogP contribution in [0.2, 0.25) is 5.02 Å². The van der Waals surface area contributed by atoms with Crippen LogP contribution in [0.25, 0.3) is 23.4 Å². The van der Waals surface area contributed by atoms with E-state index in [1.165, 1.54) is 24.3 Å². The van der Waals surface area contributed by atoms with Gasteiger partial charge in [0.2, 0.25) is 0 Å². The smallest absolute Gasteiger partial charge is 0.341 e. The first-order chi connectivity index (χ1) is 22.2. The second-order valence-corrected chi connectivity index (χ2v) is 13.7. The number of hydrogen-bond donors (Lipinski definition) is 2. The molecule has 11 heteroatoms. The van der Waals surface area contributed by atoms with Gasteiger partial charge in [-0.15, -0.1) is 11.3 Å². The molecule has 1 amide bonds. The van der Waals surface area contributed by atoms with Crippen LogP contribution < -0.4 is 10.1 Å². The minimum Gasteiger partial charge on any atom is -0.480 e. The Morgan fingerprint density at radius 1 is 0.935 bits per heavy atom. The Bertz CT molecular complexity index is 1960. The predicted octanol–water partition coefficient (Wildman–Crippen LogP) is 7.76. The number of ether oxygens (including phenoxy) is 1. The third kappa shape index (κ3) is 8.91. The lowest BCUT2D eigenvalue weighted by Gasteiger charge is -2.14. The third-order valence-electron chi connectivity index (χ3n) is 6.88. The number of aromatic nitrogens is 1. The maximum Gasteiger partial charge on any atom is 0.341 e. The van der Waals surface area contributed by atoms with Gasteiger partial charge >= 0.3 is 5.97 Å². The topological polar surface area (TPSA) is 123 Å². The number of aryl methyl sites for hydroxylation is 1. The van der Waals surface area contributed by atoms with E-state index in [1.54, 1.807) is 41.7 Å². The largest absolute Gasteiger partial charge is 0.480 e. The molecule has 8 nitrogen and oxygen atoms in total. The Balaban J connectivity index is 1.24. The van der Waals surface area contributed by atoms with Crippen molar-refractivity contribution < 1.29 is 27.9 Å². The summed E-state index contributed by atoms with van der Waals surface area (Å²) in [6, 6.07) is 27.9. The van der Waals surface area contributed by atoms with Crippen LogP contribution in [0.15, 0.2) is 107 Å². The summed E-state index contributed by atoms with van der Waals surface area (Å²) in [6.07, 6.45) is 4.58. The van der Waals surface area contributed by atoms with Crippen LogP contribution in [0, 0.1) is 0 Å². The first kappa shape index (κ1) is 32.6. The molecule has 0 saturated carbocycles. The summed E-state index contributed by atoms with van der Waals surface area (Å²) >= 11 is 7.42. The number of nitrogens with one attached hydrogen (secondary N) is 1. The zero-order valence-electron chi connectivity index (χ0n) is 24.4. The van der Waals surface area contributed by atoms with Gasteiger partial charge < -0.3 is 15.2 Å². The fourth-order valence-electron chi connectivity index (χ4n) is 4.54. The number of halogens is 1. The van der Waals surface area contributed by atoms with E-state index in [0.717, 1.165) is 27.4 Å². The molecule has 4 aromatic carbocycles. The second-order valence-electron chi connectivity index (χ2n) is 10.2. The van der Waals surface area contributed by atoms with Gasteiger partial charge in [-0.25, -0.2) is 18.2 Å². The minimum absolute atomic E-state index is 0.0783. The summed E-state index contributed by atoms with van der Waals surface area (Å²) in [4.78, 5) is 29.2. The lowest BCUT2D eigenvalue weighted by atomic mass is 10.1. The molecule has 0 aliphatic rings. The highest BCUT2D eigenvalue weighted by Crippen LogP contribution is 2.28. The second kappa shape index (κ2) is 15.0. The van der Waals surface area contributed by atoms with Gasteiger partial charge in [0.15, 0.2) is 16.4 Å². The molecule has 0 fully saturated rings. The van der Waals surface area contributed by atoms with Crippen molar-refractivity contribution in [1.82, 2.24) is 4.98 Å². The van der Waals surface area contributed by atoms with E-state index in [9.17, 15) is 18.0 Å². The van der Waals surface area contributed by atoms with E-state index < -0.39 is 28.3 Å². The zero-order chi connectivity index (χ0) is 32.5. The normalized spacial score (nSPS) is 11.4. The fraction of sp³-hybridized carbons (Fsp3) is 0.114. The van der Waals surface area contributed by atoms with E-state index in [2.05, 4.69) is 10.3 Å². The molecule has 0 saturated heterocycles. The van der Waals surface area contributed by atoms with E-state index in [4.69, 9.17) is 21.4 Å². The summed E-state index contributed by atoms with van der Waals surface area (Å²) < 4.78 is 30.8. The maximum atomic E-state index is 13.2. The number of nitrogens with zero attached hydrogens (tertiary/aromatic N) is 1. The van der Waals surface area contributed by atoms with Gasteiger partial charge in [0, 0.05) is 21.5 Å². The number of carboxylic acid groups (broad SMARTS) is 1. The number of hydrogen-bond acceptors (Lipinski definition) is 7. The van der Waals surface area contributed by atoms with Crippen LogP contribution in [0.3, 0.4) is 0 Å². The van der Waals surface area contributed by atoms with E-state index in [0.29, 0.717) is 23.4 Å². The van der Waals surface area contributed by atoms with Crippen LogP contribution in [0.1, 0.15) is 32.9 Å². The molecule has 5 rings (SSSR count). The number of thiazole rings is 1. The van der Waals surface area contributed by atoms with Crippen molar-refractivity contribution in [3.8, 4) is 17.0 Å². The molecule has 2 N–H and O–H groups in total. The Kier molecular flexibility index (Phi) is 10.6. The third-order valence-corrected chi connectivity index (χ3v) is 9.76. The van der Waals surface area contributed by atoms with Crippen molar-refractivity contribution >= 4 is 62.5 Å². The predicted molar refractivity (Wildman–Crippen MR) is 182 cm³/mol. The number of carbonyl (C=O) groups excluding carboxylic acids is 1. The Morgan fingerprint density at radius 2 is 1.67 bits per heavy atom. The Morgan fingerprint density at radius 3 is 2.39 bits per heavy atom. The van der Waals surface area contributed by atoms with Crippen LogP contribution in [-0.4, -0.2) is 42.7 Å². The molecular weight excluding hydrogens is 644 g/mol. The van der Waals surface area contributed by atoms with Gasteiger partial charge in [-0.2, -0.15) is 0 Å². The average molecular weight is 673 g/mol. The number of carbonyl (C=O) groups is 2. The molecule has 0 aliphatic heterocycles. The summed E-state index contributed by atoms with van der Waals surface area (Å²) in [5.41, 5.74) is 4.28. The van der Waals surface area contributed by atoms with Gasteiger partial charge in [0.1, 0.15) is 10.8 Å². The number of sulfone groups is 1. The SMILES string of the molecule is O=C(O)COc1ccc(CCCS(=O)(=O)c2ccc(Cl)cc2)cc1NC(=O)c1ccc(/C=C/c2nc(-c3ccccc3)cs2)cc1. The van der Waals surface area contributed by atoms with Crippen molar-refractivity contribution in [2.75, 3.05) is 17.7 Å². The molecular formula is C35H29ClN2O6S2. The molecule has 0 aliphatic carbocycles. The number of amides is 1. The summed E-state index contributed by atoms with van der Waals surface area (Å²) in [7, 11) is -3.50.